The van der Waals surface area contributed by atoms with Gasteiger partial charge in [-0.3, -0.25) is 0 Å². The van der Waals surface area contributed by atoms with E-state index in [0.717, 1.165) is 12.6 Å². The Balaban J connectivity index is 0.913. The van der Waals surface area contributed by atoms with Crippen LogP contribution in [0.15, 0.2) is 213 Å². The molecule has 77 heavy (non-hydrogen) atoms. The standard InChI is InChI=1S/C70H68N6P/c1-47(2)61-41-57(42-62(48(3)4)67(61)74-39-37-73(69(74)60-28-17-15-20-49(60)5)45-59-34-35-72(8)76(59)64-29-18-16-21-50(64)6)53-32-30-51(31-33-53)40-55-26-19-27-56-46-77-65-44-58(52-22-11-9-12-23-52)43-63(54-24-13-10-14-25-54)68(65)75-38-36-71(7)70(75)66(55)56/h9-39,41-44,47-48,77H,40,45-46H2,1-8H3/q+3. The number of benzene rings is 8. The maximum atomic E-state index is 2.49. The zero-order valence-electron chi connectivity index (χ0n) is 45.7. The van der Waals surface area contributed by atoms with E-state index in [1.807, 2.05) is 0 Å². The lowest BCUT2D eigenvalue weighted by Gasteiger charge is -2.21. The maximum absolute atomic E-state index is 2.49. The first-order valence-corrected chi connectivity index (χ1v) is 28.5. The number of imidazole rings is 2. The van der Waals surface area contributed by atoms with Crippen molar-refractivity contribution in [2.24, 2.45) is 14.1 Å². The van der Waals surface area contributed by atoms with Gasteiger partial charge < -0.3 is 0 Å². The Labute approximate surface area is 456 Å². The van der Waals surface area contributed by atoms with E-state index in [0.29, 0.717) is 15.1 Å². The summed E-state index contributed by atoms with van der Waals surface area (Å²) >= 11 is 0. The Kier molecular flexibility index (Phi) is 13.4. The average molecular weight is 1020 g/mol. The highest BCUT2D eigenvalue weighted by Gasteiger charge is 2.33. The van der Waals surface area contributed by atoms with Crippen LogP contribution in [0.4, 0.5) is 0 Å². The molecule has 7 heteroatoms. The summed E-state index contributed by atoms with van der Waals surface area (Å²) in [5.74, 6) is 2.95. The van der Waals surface area contributed by atoms with Crippen molar-refractivity contribution < 1.29 is 13.8 Å². The van der Waals surface area contributed by atoms with E-state index in [2.05, 4.69) is 296 Å². The zero-order chi connectivity index (χ0) is 52.9. The molecule has 3 aromatic heterocycles. The van der Waals surface area contributed by atoms with Gasteiger partial charge in [0, 0.05) is 28.1 Å². The fraction of sp³-hybridized carbons (Fsp3) is 0.186. The molecule has 8 aromatic carbocycles. The SMILES string of the molecule is Cc1ccccc1-c1n(-c2c(C(C)C)cc(-c3ccc(Cc4cccc5c4-c4n(cc[n+]4C)-c4c(cc(-c6ccccc6)cc4-c4ccccc4)PC5)cc3)cc2C(C)C)cc[n+]1Cc1cc[n+](C)n1-c1ccccc1C. The lowest BCUT2D eigenvalue weighted by atomic mass is 9.87. The van der Waals surface area contributed by atoms with E-state index in [9.17, 15) is 0 Å². The normalized spacial score (nSPS) is 12.4. The smallest absolute Gasteiger partial charge is 0.232 e. The molecule has 11 aromatic rings. The molecule has 6 nitrogen and oxygen atoms in total. The van der Waals surface area contributed by atoms with E-state index in [4.69, 9.17) is 0 Å². The lowest BCUT2D eigenvalue weighted by molar-refractivity contribution is -0.747. The molecular formula is C70H68N6P+3. The zero-order valence-corrected chi connectivity index (χ0v) is 46.7. The number of fused-ring (bicyclic) bond motifs is 5. The third-order valence-electron chi connectivity index (χ3n) is 15.8. The van der Waals surface area contributed by atoms with Gasteiger partial charge in [0.1, 0.15) is 54.1 Å². The number of rotatable bonds is 12. The molecule has 12 rings (SSSR count). The Morgan fingerprint density at radius 1 is 0.519 bits per heavy atom. The van der Waals surface area contributed by atoms with Gasteiger partial charge in [0.25, 0.3) is 11.6 Å². The maximum Gasteiger partial charge on any atom is 0.294 e. The molecule has 0 amide bonds. The largest absolute Gasteiger partial charge is 0.294 e. The fourth-order valence-electron chi connectivity index (χ4n) is 11.9. The second kappa shape index (κ2) is 20.7. The highest BCUT2D eigenvalue weighted by atomic mass is 31.1. The van der Waals surface area contributed by atoms with Crippen LogP contribution in [0, 0.1) is 13.8 Å². The average Bonchev–Trinajstić information content (AvgIpc) is 4.27. The summed E-state index contributed by atoms with van der Waals surface area (Å²) < 4.78 is 14.3. The van der Waals surface area contributed by atoms with Crippen molar-refractivity contribution >= 4 is 13.9 Å². The molecule has 1 aliphatic rings. The van der Waals surface area contributed by atoms with Crippen LogP contribution in [-0.2, 0) is 33.2 Å². The predicted molar refractivity (Wildman–Crippen MR) is 318 cm³/mol. The van der Waals surface area contributed by atoms with Crippen LogP contribution in [-0.4, -0.2) is 13.8 Å². The van der Waals surface area contributed by atoms with Gasteiger partial charge in [-0.25, -0.2) is 9.13 Å². The molecule has 4 heterocycles. The van der Waals surface area contributed by atoms with Gasteiger partial charge in [0.05, 0.1) is 18.2 Å². The summed E-state index contributed by atoms with van der Waals surface area (Å²) in [4.78, 5) is 0. The quantitative estimate of drug-likeness (QED) is 0.0861. The van der Waals surface area contributed by atoms with E-state index in [1.54, 1.807) is 0 Å². The summed E-state index contributed by atoms with van der Waals surface area (Å²) in [6.45, 7) is 14.5. The minimum Gasteiger partial charge on any atom is -0.232 e. The van der Waals surface area contributed by atoms with Crippen molar-refractivity contribution in [1.29, 1.82) is 0 Å². The summed E-state index contributed by atoms with van der Waals surface area (Å²) in [6.07, 6.45) is 13.1. The molecule has 0 N–H and O–H groups in total. The fourth-order valence-corrected chi connectivity index (χ4v) is 13.2. The van der Waals surface area contributed by atoms with Crippen LogP contribution in [0.25, 0.3) is 73.2 Å². The first kappa shape index (κ1) is 49.7. The van der Waals surface area contributed by atoms with Crippen LogP contribution in [0.3, 0.4) is 0 Å². The lowest BCUT2D eigenvalue weighted by Crippen LogP contribution is -2.42. The highest BCUT2D eigenvalue weighted by molar-refractivity contribution is 7.46. The molecule has 0 fully saturated rings. The van der Waals surface area contributed by atoms with Crippen molar-refractivity contribution in [2.45, 2.75) is 72.5 Å². The number of para-hydroxylation sites is 1. The van der Waals surface area contributed by atoms with Crippen LogP contribution in [0.2, 0.25) is 0 Å². The molecule has 0 saturated carbocycles. The Bertz CT molecular complexity index is 3940. The second-order valence-corrected chi connectivity index (χ2v) is 22.9. The third kappa shape index (κ3) is 9.29. The van der Waals surface area contributed by atoms with Gasteiger partial charge in [-0.1, -0.05) is 176 Å². The van der Waals surface area contributed by atoms with Crippen LogP contribution < -0.4 is 19.1 Å². The monoisotopic (exact) mass is 1020 g/mol. The Hall–Kier alpha value is -8.18. The van der Waals surface area contributed by atoms with Crippen LogP contribution in [0.1, 0.15) is 84.2 Å². The predicted octanol–water partition coefficient (Wildman–Crippen LogP) is 14.7. The molecule has 1 atom stereocenters. The molecule has 0 saturated heterocycles. The summed E-state index contributed by atoms with van der Waals surface area (Å²) in [5.41, 5.74) is 24.3. The van der Waals surface area contributed by atoms with Crippen LogP contribution in [0.5, 0.6) is 0 Å². The first-order valence-electron chi connectivity index (χ1n) is 27.3. The van der Waals surface area contributed by atoms with Crippen molar-refractivity contribution in [3.05, 3.63) is 258 Å². The van der Waals surface area contributed by atoms with E-state index in [-0.39, 0.29) is 11.8 Å². The van der Waals surface area contributed by atoms with Crippen molar-refractivity contribution in [1.82, 2.24) is 13.8 Å². The minimum absolute atomic E-state index is 0.278. The number of nitrogens with zero attached hydrogens (tertiary/aromatic N) is 6. The molecule has 0 bridgehead atoms. The van der Waals surface area contributed by atoms with E-state index < -0.39 is 0 Å². The molecule has 0 aliphatic carbocycles. The molecule has 1 aliphatic heterocycles. The van der Waals surface area contributed by atoms with E-state index >= 15 is 0 Å². The minimum atomic E-state index is 0.278. The summed E-state index contributed by atoms with van der Waals surface area (Å²) in [6, 6.07) is 67.8. The van der Waals surface area contributed by atoms with Gasteiger partial charge in [-0.05, 0) is 130 Å². The van der Waals surface area contributed by atoms with Crippen molar-refractivity contribution in [3.63, 3.8) is 0 Å². The van der Waals surface area contributed by atoms with Gasteiger partial charge in [-0.15, -0.1) is 9.36 Å². The van der Waals surface area contributed by atoms with E-state index in [1.165, 1.54) is 123 Å². The van der Waals surface area contributed by atoms with Gasteiger partial charge in [0.2, 0.25) is 0 Å². The highest BCUT2D eigenvalue weighted by Crippen LogP contribution is 2.42. The molecule has 0 radical (unpaired) electrons. The van der Waals surface area contributed by atoms with Crippen molar-refractivity contribution in [2.75, 3.05) is 0 Å². The third-order valence-corrected chi connectivity index (χ3v) is 17.2. The number of hydrogen-bond acceptors (Lipinski definition) is 0. The Morgan fingerprint density at radius 3 is 1.84 bits per heavy atom. The first-order chi connectivity index (χ1) is 37.5. The molecule has 0 spiro atoms. The molecule has 380 valence electrons. The van der Waals surface area contributed by atoms with Gasteiger partial charge in [-0.2, -0.15) is 9.13 Å². The number of aromatic nitrogens is 6. The molecule has 1 unspecified atom stereocenters. The summed E-state index contributed by atoms with van der Waals surface area (Å²) in [5, 5.41) is 1.39. The second-order valence-electron chi connectivity index (χ2n) is 21.7. The van der Waals surface area contributed by atoms with Gasteiger partial charge in [0.15, 0.2) is 13.2 Å². The summed E-state index contributed by atoms with van der Waals surface area (Å²) in [7, 11) is 4.94. The number of aryl methyl sites for hydroxylation is 4. The molecular weight excluding hydrogens is 956 g/mol. The Morgan fingerprint density at radius 2 is 1.14 bits per heavy atom. The van der Waals surface area contributed by atoms with Crippen molar-refractivity contribution in [3.8, 4) is 73.2 Å². The number of hydrogen-bond donors (Lipinski definition) is 0. The van der Waals surface area contributed by atoms with Gasteiger partial charge >= 0.3 is 0 Å². The topological polar surface area (TPSA) is 26.4 Å². The van der Waals surface area contributed by atoms with Crippen LogP contribution >= 0.6 is 8.58 Å².